The Morgan fingerprint density at radius 3 is 0.491 bits per heavy atom. The van der Waals surface area contributed by atoms with Crippen LogP contribution in [0, 0.1) is 0 Å². The molecule has 0 saturated carbocycles. The zero-order valence-electron chi connectivity index (χ0n) is 29.5. The SMILES string of the molecule is C1=C\C=C/C=C\C=C/1.C1=C\C=C/C=C\C=C/1.C1=C\C=C/C=C\C=C/1.[O]=[Nb](=[O])[O-].c1ccc([As+](c2ccccc2)(c2ccccc2)c2ccccc2)cc1. The third-order valence-electron chi connectivity index (χ3n) is 7.24. The maximum absolute atomic E-state index is 8.60. The van der Waals surface area contributed by atoms with Crippen molar-refractivity contribution in [3.63, 3.8) is 0 Å². The van der Waals surface area contributed by atoms with Crippen LogP contribution < -0.4 is 21.0 Å². The molecule has 0 heterocycles. The van der Waals surface area contributed by atoms with Gasteiger partial charge in [0.1, 0.15) is 0 Å². The molecule has 4 aromatic carbocycles. The van der Waals surface area contributed by atoms with Crippen LogP contribution in [0.4, 0.5) is 0 Å². The van der Waals surface area contributed by atoms with Gasteiger partial charge in [0, 0.05) is 0 Å². The predicted molar refractivity (Wildman–Crippen MR) is 221 cm³/mol. The predicted octanol–water partition coefficient (Wildman–Crippen LogP) is 8.31. The number of rotatable bonds is 4. The van der Waals surface area contributed by atoms with E-state index in [1.807, 2.05) is 146 Å². The van der Waals surface area contributed by atoms with Gasteiger partial charge in [0.25, 0.3) is 0 Å². The fraction of sp³-hybridized carbons (Fsp3) is 0. The van der Waals surface area contributed by atoms with E-state index in [0.29, 0.717) is 0 Å². The molecule has 264 valence electrons. The van der Waals surface area contributed by atoms with Crippen molar-refractivity contribution >= 4 is 31.0 Å². The molecule has 0 unspecified atom stereocenters. The van der Waals surface area contributed by atoms with Crippen molar-refractivity contribution in [1.29, 1.82) is 0 Å². The molecule has 3 aliphatic rings. The first-order valence-electron chi connectivity index (χ1n) is 17.1. The van der Waals surface area contributed by atoms with Crippen LogP contribution in [0.5, 0.6) is 0 Å². The van der Waals surface area contributed by atoms with Crippen LogP contribution in [0.25, 0.3) is 0 Å². The zero-order chi connectivity index (χ0) is 37.5. The van der Waals surface area contributed by atoms with Crippen molar-refractivity contribution in [2.75, 3.05) is 0 Å². The third-order valence-corrected chi connectivity index (χ3v) is 16.2. The van der Waals surface area contributed by atoms with E-state index in [1.54, 1.807) is 0 Å². The Kier molecular flexibility index (Phi) is 21.6. The van der Waals surface area contributed by atoms with Gasteiger partial charge in [0.15, 0.2) is 0 Å². The number of allylic oxidation sites excluding steroid dienone is 24. The molecule has 0 aliphatic heterocycles. The van der Waals surface area contributed by atoms with Gasteiger partial charge in [-0.2, -0.15) is 0 Å². The molecule has 53 heavy (non-hydrogen) atoms. The maximum atomic E-state index is 8.60. The van der Waals surface area contributed by atoms with Gasteiger partial charge in [-0.05, 0) is 0 Å². The first-order chi connectivity index (χ1) is 26.2. The summed E-state index contributed by atoms with van der Waals surface area (Å²) in [7, 11) is 0. The first-order valence-corrected chi connectivity index (χ1v) is 23.5. The Bertz CT molecular complexity index is 1610. The van der Waals surface area contributed by atoms with Gasteiger partial charge in [0.2, 0.25) is 0 Å². The summed E-state index contributed by atoms with van der Waals surface area (Å²) in [5.41, 5.74) is 0. The molecule has 0 N–H and O–H groups in total. The average molecular weight is 837 g/mol. The van der Waals surface area contributed by atoms with E-state index in [9.17, 15) is 0 Å². The van der Waals surface area contributed by atoms with Crippen LogP contribution >= 0.6 is 0 Å². The van der Waals surface area contributed by atoms with E-state index < -0.39 is 32.3 Å². The Hall–Kier alpha value is -5.38. The van der Waals surface area contributed by atoms with Crippen LogP contribution in [0.3, 0.4) is 0 Å². The Morgan fingerprint density at radius 2 is 0.377 bits per heavy atom. The standard InChI is InChI=1S/C24H20As.3C8H8.Nb.3O/c1-5-13-21(14-6-1)25(22-15-7-2-8-16-22,23-17-9-3-10-18-23)24-19-11-4-12-20-24;3*1-2-4-6-8-7-5-3-1;;;;/h1-20H;3*1-8H;;;;/q+1;;;;;;;-1/b;3*2-1-,3-1?,4-2?,5-3-,6-4-,7-5?,8-6?,8-7-;;;;. The molecule has 3 aliphatic carbocycles. The average Bonchev–Trinajstić information content (AvgIpc) is 3.14. The van der Waals surface area contributed by atoms with Crippen molar-refractivity contribution in [3.05, 3.63) is 267 Å². The molecule has 3 nitrogen and oxygen atoms in total. The van der Waals surface area contributed by atoms with Crippen molar-refractivity contribution < 1.29 is 28.9 Å². The van der Waals surface area contributed by atoms with Gasteiger partial charge in [-0.3, -0.25) is 0 Å². The van der Waals surface area contributed by atoms with E-state index >= 15 is 0 Å². The topological polar surface area (TPSA) is 57.2 Å². The summed E-state index contributed by atoms with van der Waals surface area (Å²) in [6.45, 7) is 0. The van der Waals surface area contributed by atoms with Crippen LogP contribution in [0.2, 0.25) is 0 Å². The Balaban J connectivity index is 0.000000219. The summed E-state index contributed by atoms with van der Waals surface area (Å²) in [5, 5.41) is 0. The molecule has 7 rings (SSSR count). The summed E-state index contributed by atoms with van der Waals surface area (Å²) in [4.78, 5) is 0. The molecule has 0 amide bonds. The van der Waals surface area contributed by atoms with Gasteiger partial charge < -0.3 is 0 Å². The molecule has 0 saturated heterocycles. The van der Waals surface area contributed by atoms with Gasteiger partial charge >= 0.3 is 181 Å². The molecule has 0 atom stereocenters. The van der Waals surface area contributed by atoms with Gasteiger partial charge in [-0.1, -0.05) is 146 Å². The fourth-order valence-corrected chi connectivity index (χ4v) is 14.0. The minimum atomic E-state index is -4.20. The van der Waals surface area contributed by atoms with Gasteiger partial charge in [-0.25, -0.2) is 0 Å². The zero-order valence-corrected chi connectivity index (χ0v) is 33.6. The number of hydrogen-bond donors (Lipinski definition) is 0. The van der Waals surface area contributed by atoms with Crippen molar-refractivity contribution in [2.24, 2.45) is 0 Å². The van der Waals surface area contributed by atoms with Crippen molar-refractivity contribution in [1.82, 2.24) is 0 Å². The molecule has 0 fully saturated rings. The second-order valence-electron chi connectivity index (χ2n) is 10.9. The van der Waals surface area contributed by atoms with Gasteiger partial charge in [-0.15, -0.1) is 0 Å². The van der Waals surface area contributed by atoms with E-state index in [-0.39, 0.29) is 0 Å². The third kappa shape index (κ3) is 16.7. The molecule has 0 aromatic heterocycles. The molecular formula is C48H44AsNbO3. The quantitative estimate of drug-likeness (QED) is 0.195. The van der Waals surface area contributed by atoms with Crippen LogP contribution in [0.1, 0.15) is 0 Å². The second kappa shape index (κ2) is 27.3. The van der Waals surface area contributed by atoms with Crippen molar-refractivity contribution in [3.8, 4) is 0 Å². The molecular weight excluding hydrogens is 792 g/mol. The normalized spacial score (nSPS) is 20.2. The van der Waals surface area contributed by atoms with E-state index in [0.717, 1.165) is 0 Å². The Labute approximate surface area is 324 Å². The molecule has 5 heteroatoms. The summed E-state index contributed by atoms with van der Waals surface area (Å²) in [5.74, 6) is 0. The van der Waals surface area contributed by atoms with E-state index in [2.05, 4.69) is 121 Å². The molecule has 0 bridgehead atoms. The fourth-order valence-electron chi connectivity index (χ4n) is 5.04. The van der Waals surface area contributed by atoms with Crippen molar-refractivity contribution in [2.45, 2.75) is 0 Å². The monoisotopic (exact) mass is 836 g/mol. The number of hydrogen-bond acceptors (Lipinski definition) is 3. The van der Waals surface area contributed by atoms with Crippen LogP contribution in [-0.2, 0) is 25.3 Å². The summed E-state index contributed by atoms with van der Waals surface area (Å²) in [6, 6.07) is 44.2. The molecule has 0 radical (unpaired) electrons. The van der Waals surface area contributed by atoms with Gasteiger partial charge in [0.05, 0.1) is 0 Å². The summed E-state index contributed by atoms with van der Waals surface area (Å²) in [6.07, 6.45) is 48.0. The number of benzene rings is 4. The van der Waals surface area contributed by atoms with E-state index in [4.69, 9.17) is 10.1 Å². The minimum absolute atomic E-state index is 1.45. The second-order valence-corrected chi connectivity index (χ2v) is 19.1. The van der Waals surface area contributed by atoms with E-state index in [1.165, 1.54) is 17.4 Å². The Morgan fingerprint density at radius 1 is 0.264 bits per heavy atom. The summed E-state index contributed by atoms with van der Waals surface area (Å²) < 4.78 is 31.6. The van der Waals surface area contributed by atoms with Crippen LogP contribution in [-0.4, -0.2) is 13.6 Å². The molecule has 4 aromatic rings. The first kappa shape index (κ1) is 42.0. The summed E-state index contributed by atoms with van der Waals surface area (Å²) >= 11 is -6.97. The van der Waals surface area contributed by atoms with Crippen LogP contribution in [0.15, 0.2) is 267 Å². The molecule has 0 spiro atoms.